The van der Waals surface area contributed by atoms with E-state index in [1.165, 1.54) is 70.4 Å². The Labute approximate surface area is 310 Å². The van der Waals surface area contributed by atoms with E-state index in [1.807, 2.05) is 17.4 Å². The van der Waals surface area contributed by atoms with Gasteiger partial charge < -0.3 is 14.2 Å². The summed E-state index contributed by atoms with van der Waals surface area (Å²) >= 11 is 1.88. The van der Waals surface area contributed by atoms with E-state index in [0.717, 1.165) is 33.3 Å². The molecule has 2 aromatic heterocycles. The number of benzene rings is 8. The average Bonchev–Trinajstić information content (AvgIpc) is 3.80. The van der Waals surface area contributed by atoms with Crippen LogP contribution in [0.2, 0.25) is 0 Å². The highest BCUT2D eigenvalue weighted by Crippen LogP contribution is 2.47. The summed E-state index contributed by atoms with van der Waals surface area (Å²) in [5.41, 5.74) is 15.1. The van der Waals surface area contributed by atoms with Crippen molar-refractivity contribution < 1.29 is 4.42 Å². The van der Waals surface area contributed by atoms with E-state index < -0.39 is 0 Å². The van der Waals surface area contributed by atoms with E-state index in [1.54, 1.807) is 0 Å². The molecule has 0 bridgehead atoms. The SMILES string of the molecule is c1ccc2c(c1)B1c3ccccc3N(c3cccc4c3oc3ccccc34)c3cccc(c31)N2c1ccc(-c2cccc3c2sc2ccccc23)cc1. The van der Waals surface area contributed by atoms with E-state index in [4.69, 9.17) is 4.42 Å². The molecule has 2 aliphatic rings. The molecule has 8 aromatic carbocycles. The van der Waals surface area contributed by atoms with E-state index in [2.05, 4.69) is 180 Å². The summed E-state index contributed by atoms with van der Waals surface area (Å²) in [6.07, 6.45) is 0. The molecule has 3 nitrogen and oxygen atoms in total. The Morgan fingerprint density at radius 2 is 1.02 bits per heavy atom. The van der Waals surface area contributed by atoms with Gasteiger partial charge in [-0.1, -0.05) is 121 Å². The minimum atomic E-state index is 0.0841. The first kappa shape index (κ1) is 29.1. The Bertz CT molecular complexity index is 3110. The molecule has 0 N–H and O–H groups in total. The van der Waals surface area contributed by atoms with Crippen molar-refractivity contribution in [3.05, 3.63) is 176 Å². The number of hydrogen-bond acceptors (Lipinski definition) is 4. The molecule has 0 aliphatic carbocycles. The largest absolute Gasteiger partial charge is 0.454 e. The van der Waals surface area contributed by atoms with Crippen molar-refractivity contribution in [2.24, 2.45) is 0 Å². The first-order valence-electron chi connectivity index (χ1n) is 18.1. The van der Waals surface area contributed by atoms with Crippen LogP contribution in [0.5, 0.6) is 0 Å². The van der Waals surface area contributed by atoms with Gasteiger partial charge in [-0.15, -0.1) is 11.3 Å². The second-order valence-electron chi connectivity index (χ2n) is 14.0. The van der Waals surface area contributed by atoms with E-state index in [9.17, 15) is 0 Å². The summed E-state index contributed by atoms with van der Waals surface area (Å²) in [5.74, 6) is 0. The Kier molecular flexibility index (Phi) is 6.02. The summed E-state index contributed by atoms with van der Waals surface area (Å²) in [6.45, 7) is 0.0841. The molecule has 53 heavy (non-hydrogen) atoms. The number of anilines is 6. The fourth-order valence-corrected chi connectivity index (χ4v) is 10.3. The summed E-state index contributed by atoms with van der Waals surface area (Å²) in [5, 5.41) is 4.91. The number of thiophene rings is 1. The number of hydrogen-bond donors (Lipinski definition) is 0. The van der Waals surface area contributed by atoms with Gasteiger partial charge >= 0.3 is 0 Å². The zero-order chi connectivity index (χ0) is 34.6. The molecule has 2 aliphatic heterocycles. The maximum atomic E-state index is 6.65. The van der Waals surface area contributed by atoms with Gasteiger partial charge in [0.15, 0.2) is 5.58 Å². The van der Waals surface area contributed by atoms with E-state index in [0.29, 0.717) is 0 Å². The topological polar surface area (TPSA) is 19.6 Å². The summed E-state index contributed by atoms with van der Waals surface area (Å²) in [6, 6.07) is 64.1. The highest BCUT2D eigenvalue weighted by Gasteiger charge is 2.43. The number of nitrogens with zero attached hydrogens (tertiary/aromatic N) is 2. The maximum Gasteiger partial charge on any atom is 0.252 e. The molecule has 246 valence electrons. The van der Waals surface area contributed by atoms with Crippen LogP contribution >= 0.6 is 11.3 Å². The molecule has 0 spiro atoms. The fraction of sp³-hybridized carbons (Fsp3) is 0. The molecular weight excluding hydrogens is 663 g/mol. The summed E-state index contributed by atoms with van der Waals surface area (Å²) in [7, 11) is 0. The smallest absolute Gasteiger partial charge is 0.252 e. The average molecular weight is 693 g/mol. The van der Waals surface area contributed by atoms with E-state index in [-0.39, 0.29) is 6.71 Å². The Balaban J connectivity index is 1.06. The maximum absolute atomic E-state index is 6.65. The molecule has 0 fully saturated rings. The summed E-state index contributed by atoms with van der Waals surface area (Å²) < 4.78 is 9.31. The zero-order valence-electron chi connectivity index (χ0n) is 28.5. The second-order valence-corrected chi connectivity index (χ2v) is 15.1. The van der Waals surface area contributed by atoms with Gasteiger partial charge in [0.1, 0.15) is 5.58 Å². The lowest BCUT2D eigenvalue weighted by molar-refractivity contribution is 0.669. The fourth-order valence-electron chi connectivity index (χ4n) is 9.05. The third kappa shape index (κ3) is 4.05. The predicted molar refractivity (Wildman–Crippen MR) is 226 cm³/mol. The molecule has 4 heterocycles. The monoisotopic (exact) mass is 692 g/mol. The normalized spacial score (nSPS) is 13.2. The Morgan fingerprint density at radius 1 is 0.434 bits per heavy atom. The molecule has 5 heteroatoms. The van der Waals surface area contributed by atoms with E-state index >= 15 is 0 Å². The highest BCUT2D eigenvalue weighted by molar-refractivity contribution is 7.26. The van der Waals surface area contributed by atoms with Gasteiger partial charge in [0.05, 0.1) is 5.69 Å². The van der Waals surface area contributed by atoms with Crippen LogP contribution in [0.3, 0.4) is 0 Å². The molecule has 0 amide bonds. The highest BCUT2D eigenvalue weighted by atomic mass is 32.1. The number of rotatable bonds is 3. The van der Waals surface area contributed by atoms with Crippen LogP contribution in [-0.4, -0.2) is 6.71 Å². The quantitative estimate of drug-likeness (QED) is 0.172. The van der Waals surface area contributed by atoms with Gasteiger partial charge in [-0.2, -0.15) is 0 Å². The number of furan rings is 1. The zero-order valence-corrected chi connectivity index (χ0v) is 29.3. The van der Waals surface area contributed by atoms with Crippen molar-refractivity contribution in [3.63, 3.8) is 0 Å². The van der Waals surface area contributed by atoms with Crippen molar-refractivity contribution in [1.82, 2.24) is 0 Å². The van der Waals surface area contributed by atoms with Crippen LogP contribution in [0.4, 0.5) is 34.1 Å². The van der Waals surface area contributed by atoms with Gasteiger partial charge in [-0.3, -0.25) is 0 Å². The van der Waals surface area contributed by atoms with Crippen molar-refractivity contribution in [2.45, 2.75) is 0 Å². The van der Waals surface area contributed by atoms with Crippen molar-refractivity contribution in [3.8, 4) is 11.1 Å². The van der Waals surface area contributed by atoms with Crippen LogP contribution in [0.25, 0.3) is 53.2 Å². The molecule has 12 rings (SSSR count). The molecule has 0 radical (unpaired) electrons. The van der Waals surface area contributed by atoms with Crippen LogP contribution < -0.4 is 26.2 Å². The lowest BCUT2D eigenvalue weighted by atomic mass is 9.33. The summed E-state index contributed by atoms with van der Waals surface area (Å²) in [4.78, 5) is 4.89. The lowest BCUT2D eigenvalue weighted by Crippen LogP contribution is -2.61. The third-order valence-corrected chi connectivity index (χ3v) is 12.5. The van der Waals surface area contributed by atoms with Crippen molar-refractivity contribution in [1.29, 1.82) is 0 Å². The van der Waals surface area contributed by atoms with Crippen LogP contribution in [0, 0.1) is 0 Å². The third-order valence-electron chi connectivity index (χ3n) is 11.3. The lowest BCUT2D eigenvalue weighted by Gasteiger charge is -2.43. The van der Waals surface area contributed by atoms with Crippen LogP contribution in [-0.2, 0) is 0 Å². The van der Waals surface area contributed by atoms with Crippen molar-refractivity contribution >= 4 is 111 Å². The van der Waals surface area contributed by atoms with Crippen LogP contribution in [0.1, 0.15) is 0 Å². The minimum Gasteiger partial charge on any atom is -0.454 e. The molecule has 0 saturated heterocycles. The molecule has 0 unspecified atom stereocenters. The van der Waals surface area contributed by atoms with Gasteiger partial charge in [0.25, 0.3) is 6.71 Å². The molecule has 10 aromatic rings. The molecule has 0 saturated carbocycles. The van der Waals surface area contributed by atoms with Crippen LogP contribution in [0.15, 0.2) is 180 Å². The number of para-hydroxylation sites is 4. The predicted octanol–water partition coefficient (Wildman–Crippen LogP) is 11.7. The molecule has 0 atom stereocenters. The van der Waals surface area contributed by atoms with Gasteiger partial charge in [-0.25, -0.2) is 0 Å². The van der Waals surface area contributed by atoms with Gasteiger partial charge in [0.2, 0.25) is 0 Å². The first-order valence-corrected chi connectivity index (χ1v) is 19.0. The van der Waals surface area contributed by atoms with Crippen molar-refractivity contribution in [2.75, 3.05) is 9.80 Å². The number of fused-ring (bicyclic) bond motifs is 10. The van der Waals surface area contributed by atoms with Gasteiger partial charge in [-0.05, 0) is 82.1 Å². The Hall–Kier alpha value is -6.56. The first-order chi connectivity index (χ1) is 26.3. The van der Waals surface area contributed by atoms with Gasteiger partial charge in [0, 0.05) is 59.4 Å². The standard InChI is InChI=1S/C48H29BN2OS/c1-7-24-44-33(12-1)35-15-10-23-43(47(35)52-44)51-40-20-6-4-18-38(40)49-37-17-3-5-19-39(37)50(41-21-11-22-42(51)46(41)49)31-28-26-30(27-29-31)32-14-9-16-36-34-13-2-8-25-45(34)53-48(32)36/h1-29H. The minimum absolute atomic E-state index is 0.0841. The molecular formula is C48H29BN2OS. The Morgan fingerprint density at radius 3 is 1.85 bits per heavy atom. The second kappa shape index (κ2) is 11.0.